The lowest BCUT2D eigenvalue weighted by Gasteiger charge is -2.09. The third-order valence-electron chi connectivity index (χ3n) is 3.27. The molecule has 1 aliphatic heterocycles. The number of nitrogens with one attached hydrogen (secondary N) is 1. The molecule has 2 rings (SSSR count). The van der Waals surface area contributed by atoms with Gasteiger partial charge in [0.05, 0.1) is 18.8 Å². The molecule has 0 radical (unpaired) electrons. The number of benzene rings is 1. The van der Waals surface area contributed by atoms with Crippen molar-refractivity contribution in [1.29, 1.82) is 0 Å². The fourth-order valence-corrected chi connectivity index (χ4v) is 2.05. The lowest BCUT2D eigenvalue weighted by molar-refractivity contribution is 0.0944. The molecule has 1 aromatic rings. The van der Waals surface area contributed by atoms with Crippen molar-refractivity contribution in [2.24, 2.45) is 5.92 Å². The van der Waals surface area contributed by atoms with Gasteiger partial charge in [-0.2, -0.15) is 0 Å². The minimum absolute atomic E-state index is 0.0556. The lowest BCUT2D eigenvalue weighted by Crippen LogP contribution is -2.29. The molecular weight excluding hydrogens is 273 g/mol. The molecule has 5 heteroatoms. The Kier molecular flexibility index (Phi) is 5.73. The molecule has 1 aliphatic rings. The molecule has 112 valence electrons. The van der Waals surface area contributed by atoms with Crippen LogP contribution in [-0.2, 0) is 4.74 Å². The van der Waals surface area contributed by atoms with Crippen molar-refractivity contribution in [3.8, 4) is 11.8 Å². The maximum Gasteiger partial charge on any atom is 0.251 e. The molecule has 2 N–H and O–H groups in total. The fourth-order valence-electron chi connectivity index (χ4n) is 2.05. The van der Waals surface area contributed by atoms with Gasteiger partial charge < -0.3 is 15.2 Å². The summed E-state index contributed by atoms with van der Waals surface area (Å²) in [6, 6.07) is 4.21. The van der Waals surface area contributed by atoms with Gasteiger partial charge in [0.15, 0.2) is 0 Å². The van der Waals surface area contributed by atoms with Crippen LogP contribution < -0.4 is 5.32 Å². The quantitative estimate of drug-likeness (QED) is 0.823. The van der Waals surface area contributed by atoms with Gasteiger partial charge in [0, 0.05) is 31.1 Å². The summed E-state index contributed by atoms with van der Waals surface area (Å²) in [5, 5.41) is 11.4. The van der Waals surface area contributed by atoms with E-state index in [1.165, 1.54) is 12.1 Å². The van der Waals surface area contributed by atoms with Crippen LogP contribution in [0.5, 0.6) is 0 Å². The second-order valence-electron chi connectivity index (χ2n) is 4.91. The van der Waals surface area contributed by atoms with Crippen LogP contribution in [0.3, 0.4) is 0 Å². The van der Waals surface area contributed by atoms with Crippen LogP contribution in [0.4, 0.5) is 4.39 Å². The summed E-state index contributed by atoms with van der Waals surface area (Å²) >= 11 is 0. The molecule has 0 spiro atoms. The summed E-state index contributed by atoms with van der Waals surface area (Å²) in [6.07, 6.45) is 1.24. The zero-order valence-electron chi connectivity index (χ0n) is 11.7. The van der Waals surface area contributed by atoms with E-state index >= 15 is 0 Å². The van der Waals surface area contributed by atoms with Crippen molar-refractivity contribution >= 4 is 5.91 Å². The Morgan fingerprint density at radius 3 is 3.05 bits per heavy atom. The van der Waals surface area contributed by atoms with Gasteiger partial charge in [-0.25, -0.2) is 4.39 Å². The Bertz CT molecular complexity index is 556. The van der Waals surface area contributed by atoms with E-state index in [9.17, 15) is 9.18 Å². The van der Waals surface area contributed by atoms with E-state index in [1.807, 2.05) is 0 Å². The molecular formula is C16H18FNO3. The molecule has 1 aromatic carbocycles. The monoisotopic (exact) mass is 291 g/mol. The van der Waals surface area contributed by atoms with E-state index in [2.05, 4.69) is 17.2 Å². The molecule has 0 aliphatic carbocycles. The van der Waals surface area contributed by atoms with Gasteiger partial charge in [-0.1, -0.05) is 11.8 Å². The number of ether oxygens (including phenoxy) is 1. The van der Waals surface area contributed by atoms with Gasteiger partial charge in [0.1, 0.15) is 5.82 Å². The summed E-state index contributed by atoms with van der Waals surface area (Å²) in [5.74, 6) is 4.78. The average molecular weight is 291 g/mol. The van der Waals surface area contributed by atoms with E-state index in [-0.39, 0.29) is 23.6 Å². The predicted molar refractivity (Wildman–Crippen MR) is 76.2 cm³/mol. The second kappa shape index (κ2) is 7.77. The zero-order chi connectivity index (χ0) is 15.1. The van der Waals surface area contributed by atoms with E-state index in [0.29, 0.717) is 25.5 Å². The first-order valence-electron chi connectivity index (χ1n) is 6.96. The summed E-state index contributed by atoms with van der Waals surface area (Å²) in [6.45, 7) is 1.88. The highest BCUT2D eigenvalue weighted by Crippen LogP contribution is 2.12. The van der Waals surface area contributed by atoms with Crippen LogP contribution in [0.15, 0.2) is 18.2 Å². The van der Waals surface area contributed by atoms with Gasteiger partial charge in [-0.15, -0.1) is 0 Å². The largest absolute Gasteiger partial charge is 0.395 e. The highest BCUT2D eigenvalue weighted by Gasteiger charge is 2.17. The van der Waals surface area contributed by atoms with Crippen LogP contribution in [0.1, 0.15) is 28.8 Å². The Morgan fingerprint density at radius 2 is 2.38 bits per heavy atom. The number of aliphatic hydroxyl groups is 1. The highest BCUT2D eigenvalue weighted by molar-refractivity contribution is 5.94. The Balaban J connectivity index is 1.95. The first kappa shape index (κ1) is 15.5. The molecule has 1 atom stereocenters. The normalized spacial score (nSPS) is 17.1. The third kappa shape index (κ3) is 4.55. The van der Waals surface area contributed by atoms with Gasteiger partial charge in [0.2, 0.25) is 0 Å². The number of carbonyl (C=O) groups excluding carboxylic acids is 1. The van der Waals surface area contributed by atoms with Crippen molar-refractivity contribution in [2.75, 3.05) is 26.4 Å². The van der Waals surface area contributed by atoms with Crippen LogP contribution in [0.25, 0.3) is 0 Å². The van der Waals surface area contributed by atoms with Gasteiger partial charge in [0.25, 0.3) is 5.91 Å². The van der Waals surface area contributed by atoms with Crippen LogP contribution in [0, 0.1) is 23.6 Å². The van der Waals surface area contributed by atoms with Crippen molar-refractivity contribution in [1.82, 2.24) is 5.32 Å². The number of amides is 1. The Labute approximate surface area is 123 Å². The number of halogens is 1. The van der Waals surface area contributed by atoms with Crippen molar-refractivity contribution in [3.63, 3.8) is 0 Å². The minimum atomic E-state index is -0.530. The molecule has 21 heavy (non-hydrogen) atoms. The van der Waals surface area contributed by atoms with Crippen molar-refractivity contribution < 1.29 is 19.0 Å². The maximum absolute atomic E-state index is 13.8. The van der Waals surface area contributed by atoms with E-state index in [0.717, 1.165) is 13.0 Å². The fraction of sp³-hybridized carbons (Fsp3) is 0.438. The third-order valence-corrected chi connectivity index (χ3v) is 3.27. The SMILES string of the molecule is O=C(NCC1CCOC1)c1ccc(C#CCCO)c(F)c1. The summed E-state index contributed by atoms with van der Waals surface area (Å²) in [7, 11) is 0. The Hall–Kier alpha value is -1.90. The van der Waals surface area contributed by atoms with E-state index in [4.69, 9.17) is 9.84 Å². The molecule has 0 saturated carbocycles. The molecule has 1 fully saturated rings. The number of hydrogen-bond acceptors (Lipinski definition) is 3. The molecule has 1 heterocycles. The number of carbonyl (C=O) groups is 1. The van der Waals surface area contributed by atoms with E-state index < -0.39 is 5.82 Å². The first-order valence-corrected chi connectivity index (χ1v) is 6.96. The zero-order valence-corrected chi connectivity index (χ0v) is 11.7. The molecule has 0 bridgehead atoms. The van der Waals surface area contributed by atoms with Gasteiger partial charge in [-0.05, 0) is 24.6 Å². The number of aliphatic hydroxyl groups excluding tert-OH is 1. The molecule has 1 saturated heterocycles. The summed E-state index contributed by atoms with van der Waals surface area (Å²) < 4.78 is 19.0. The average Bonchev–Trinajstić information content (AvgIpc) is 3.00. The van der Waals surface area contributed by atoms with Crippen molar-refractivity contribution in [3.05, 3.63) is 35.1 Å². The van der Waals surface area contributed by atoms with E-state index in [1.54, 1.807) is 6.07 Å². The summed E-state index contributed by atoms with van der Waals surface area (Å²) in [4.78, 5) is 11.9. The molecule has 1 amide bonds. The Morgan fingerprint density at radius 1 is 1.52 bits per heavy atom. The number of hydrogen-bond donors (Lipinski definition) is 2. The minimum Gasteiger partial charge on any atom is -0.395 e. The molecule has 0 aromatic heterocycles. The van der Waals surface area contributed by atoms with Crippen LogP contribution in [0.2, 0.25) is 0 Å². The second-order valence-corrected chi connectivity index (χ2v) is 4.91. The summed E-state index contributed by atoms with van der Waals surface area (Å²) in [5.41, 5.74) is 0.503. The molecule has 1 unspecified atom stereocenters. The van der Waals surface area contributed by atoms with Crippen LogP contribution >= 0.6 is 0 Å². The standard InChI is InChI=1S/C16H18FNO3/c17-15-9-14(5-4-13(15)3-1-2-7-19)16(20)18-10-12-6-8-21-11-12/h4-5,9,12,19H,2,6-8,10-11H2,(H,18,20). The lowest BCUT2D eigenvalue weighted by atomic mass is 10.1. The van der Waals surface area contributed by atoms with Crippen molar-refractivity contribution in [2.45, 2.75) is 12.8 Å². The smallest absolute Gasteiger partial charge is 0.251 e. The topological polar surface area (TPSA) is 58.6 Å². The highest BCUT2D eigenvalue weighted by atomic mass is 19.1. The maximum atomic E-state index is 13.8. The predicted octanol–water partition coefficient (Wildman–Crippen LogP) is 1.33. The van der Waals surface area contributed by atoms with Gasteiger partial charge in [-0.3, -0.25) is 4.79 Å². The molecule has 4 nitrogen and oxygen atoms in total. The van der Waals surface area contributed by atoms with Gasteiger partial charge >= 0.3 is 0 Å². The number of rotatable bonds is 4. The first-order chi connectivity index (χ1) is 10.2. The van der Waals surface area contributed by atoms with Crippen LogP contribution in [-0.4, -0.2) is 37.4 Å².